The van der Waals surface area contributed by atoms with E-state index in [1.807, 2.05) is 0 Å². The van der Waals surface area contributed by atoms with Gasteiger partial charge in [-0.25, -0.2) is 0 Å². The molecule has 0 atom stereocenters. The largest absolute Gasteiger partial charge is 1.00 e. The van der Waals surface area contributed by atoms with Crippen molar-refractivity contribution >= 4 is 0 Å². The topological polar surface area (TPSA) is 1580 Å². The Balaban J connectivity index is 0. The Morgan fingerprint density at radius 3 is 0.0300 bits per heavy atom. The van der Waals surface area contributed by atoms with E-state index < -0.39 is 0 Å². The van der Waals surface area contributed by atoms with Crippen molar-refractivity contribution in [3.8, 4) is 0 Å². The van der Waals surface area contributed by atoms with Crippen molar-refractivity contribution in [2.45, 2.75) is 0 Å². The minimum Gasteiger partial charge on any atom is -1.00 e. The minimum atomic E-state index is 0. The molecule has 0 rings (SSSR count). The Morgan fingerprint density at radius 2 is 0.0300 bits per heavy atom. The van der Waals surface area contributed by atoms with Gasteiger partial charge in [0.25, 0.3) is 0 Å². The molecule has 0 aromatic carbocycles. The Hall–Kier alpha value is 48.0. The fraction of sp³-hybridized carbons (Fsp3) is 0. The molecule has 0 spiro atoms. The first-order valence-corrected chi connectivity index (χ1v) is 0. The van der Waals surface area contributed by atoms with Gasteiger partial charge in [0.2, 0.25) is 0 Å². The molecule has 0 aliphatic heterocycles. The molecule has 0 aromatic heterocycles. The van der Waals surface area contributed by atoms with Crippen molar-refractivity contribution in [2.24, 2.45) is 0 Å². The van der Waals surface area contributed by atoms with Gasteiger partial charge in [0.15, 0.2) is 0 Å². The van der Waals surface area contributed by atoms with E-state index in [0.29, 0.717) is 0 Å². The van der Waals surface area contributed by atoms with E-state index in [4.69, 9.17) is 0 Å². The maximum atomic E-state index is 0. The Labute approximate surface area is 1770 Å². The van der Waals surface area contributed by atoms with E-state index in [2.05, 4.69) is 0 Å². The molecule has 50 nitrogen and oxygen atoms in total. The van der Waals surface area contributed by atoms with Crippen molar-refractivity contribution in [1.29, 1.82) is 0 Å². The van der Waals surface area contributed by atoms with Crippen LogP contribution in [0.1, 0.15) is 71.3 Å². The Bertz CT molecular complexity index is 238. The smallest absolute Gasteiger partial charge is 1.00 e. The van der Waals surface area contributed by atoms with Crippen LogP contribution < -0.4 is 1480 Å². The zero-order valence-electron chi connectivity index (χ0n) is 125. The molecule has 0 aliphatic rings. The molecule has 0 unspecified atom stereocenters. The monoisotopic (exact) mass is 2100 g/mol. The normalized spacial score (nSPS) is 0. The van der Waals surface area contributed by atoms with Gasteiger partial charge in [0.05, 0.1) is 0 Å². The van der Waals surface area contributed by atoms with Crippen LogP contribution in [0.5, 0.6) is 0 Å². The van der Waals surface area contributed by atoms with Gasteiger partial charge in [-0.3, -0.25) is 0 Å². The molecule has 500 valence electrons. The summed E-state index contributed by atoms with van der Waals surface area (Å²) in [7, 11) is 0. The van der Waals surface area contributed by atoms with Crippen LogP contribution >= 0.6 is 0 Å². The van der Waals surface area contributed by atoms with Crippen molar-refractivity contribution in [3.63, 3.8) is 0 Å². The van der Waals surface area contributed by atoms with Gasteiger partial charge in [-0.2, -0.15) is 0 Å². The van der Waals surface area contributed by atoms with E-state index in [1.165, 1.54) is 0 Å². The van der Waals surface area contributed by atoms with Crippen LogP contribution in [0.2, 0.25) is 0 Å². The molecule has 0 amide bonds. The summed E-state index contributed by atoms with van der Waals surface area (Å²) in [6.07, 6.45) is 0. The van der Waals surface area contributed by atoms with Crippen molar-refractivity contribution in [1.82, 2.24) is 0 Å². The second-order valence-corrected chi connectivity index (χ2v) is 0. The molecule has 0 aliphatic carbocycles. The van der Waals surface area contributed by atoms with Gasteiger partial charge in [0, 0.05) is 0 Å². The van der Waals surface area contributed by atoms with E-state index in [-0.39, 0.29) is 1820 Å². The van der Waals surface area contributed by atoms with Crippen LogP contribution in [0, 0.1) is 0 Å². The summed E-state index contributed by atoms with van der Waals surface area (Å²) < 4.78 is 0. The van der Waals surface area contributed by atoms with Crippen molar-refractivity contribution < 1.29 is 1820 Å². The van der Waals surface area contributed by atoms with E-state index in [0.717, 1.165) is 0 Å². The predicted octanol–water partition coefficient (Wildman–Crippen LogP) is -185. The summed E-state index contributed by atoms with van der Waals surface area (Å²) in [6.45, 7) is 0. The zero-order chi connectivity index (χ0) is 0. The van der Waals surface area contributed by atoms with Crippen LogP contribution in [0.3, 0.4) is 0 Å². The van der Waals surface area contributed by atoms with Gasteiger partial charge in [-0.15, -0.1) is 0 Å². The number of hydrogen-bond acceptors (Lipinski definition) is 0. The van der Waals surface area contributed by atoms with Crippen LogP contribution in [0.15, 0.2) is 0 Å². The third-order valence-corrected chi connectivity index (χ3v) is 0. The predicted molar refractivity (Wildman–Crippen MR) is 236 cm³/mol. The van der Waals surface area contributed by atoms with Crippen molar-refractivity contribution in [2.75, 3.05) is 0 Å². The Morgan fingerprint density at radius 1 is 0.0300 bits per heavy atom. The molecule has 0 heterocycles. The summed E-state index contributed by atoms with van der Waals surface area (Å²) in [5.41, 5.74) is 0. The molecule has 100 heteroatoms. The van der Waals surface area contributed by atoms with Gasteiger partial charge in [0.1, 0.15) is 0 Å². The first kappa shape index (κ1) is 1390. The number of hydrogen-bond donors (Lipinski definition) is 0. The third kappa shape index (κ3) is 1330. The molecule has 0 bridgehead atoms. The quantitative estimate of drug-likeness (QED) is 0.204. The standard InChI is InChI=1S/50Na.50H2O.50H/h;;;;;;;;;;;;;;;;;;;;;;;;;;;;;;;;;;;;;;;;;;;;;;;;;;50*1H2;;;;;;;;;;;;;;;;;;;;;;;;;;;;;;;;;;;;;;;;;;;;;;;;;;/q50*+1;;;;;;;;;;;;;;;;;;;;;;;;;;;;;;;;;;;;;;;;;;;;;;;;;;;50*-1. The first-order chi connectivity index (χ1) is 0. The van der Waals surface area contributed by atoms with Gasteiger partial charge in [-0.1, -0.05) is 0 Å². The molecule has 100 heavy (non-hydrogen) atoms. The summed E-state index contributed by atoms with van der Waals surface area (Å²) in [6, 6.07) is 0. The average molecular weight is 2100 g/mol. The molecular formula is H150Na50O50. The van der Waals surface area contributed by atoms with E-state index in [9.17, 15) is 0 Å². The van der Waals surface area contributed by atoms with Crippen molar-refractivity contribution in [3.05, 3.63) is 0 Å². The summed E-state index contributed by atoms with van der Waals surface area (Å²) in [4.78, 5) is 0. The van der Waals surface area contributed by atoms with Gasteiger partial charge >= 0.3 is 1480 Å². The van der Waals surface area contributed by atoms with Gasteiger partial charge < -0.3 is 345 Å². The average Bonchev–Trinajstić information content (AvgIpc) is 0. The molecule has 0 aromatic rings. The second-order valence-electron chi connectivity index (χ2n) is 0. The van der Waals surface area contributed by atoms with Gasteiger partial charge in [-0.05, 0) is 0 Å². The molecule has 0 fully saturated rings. The maximum absolute atomic E-state index is 0. The summed E-state index contributed by atoms with van der Waals surface area (Å²) in [5.74, 6) is 0. The fourth-order valence-corrected chi connectivity index (χ4v) is 0. The molecule has 0 radical (unpaired) electrons. The van der Waals surface area contributed by atoms with Crippen LogP contribution in [-0.4, -0.2) is 274 Å². The summed E-state index contributed by atoms with van der Waals surface area (Å²) >= 11 is 0. The van der Waals surface area contributed by atoms with E-state index in [1.54, 1.807) is 0 Å². The second kappa shape index (κ2) is 1360. The van der Waals surface area contributed by atoms with Crippen LogP contribution in [-0.2, 0) is 0 Å². The Kier molecular flexibility index (Phi) is 18900. The third-order valence-electron chi connectivity index (χ3n) is 0. The SMILES string of the molecule is O.O.O.O.O.O.O.O.O.O.O.O.O.O.O.O.O.O.O.O.O.O.O.O.O.O.O.O.O.O.O.O.O.O.O.O.O.O.O.O.O.O.O.O.O.O.O.O.O.O.[H-].[H-].[H-].[H-].[H-].[H-].[H-].[H-].[H-].[H-].[H-].[H-].[H-].[H-].[H-].[H-].[H-].[H-].[H-].[H-].[H-].[H-].[H-].[H-].[H-].[H-].[H-].[H-].[H-].[H-].[H-].[H-].[H-].[H-].[H-].[H-].[H-].[H-].[H-].[H-].[H-].[H-].[H-].[H-].[H-].[H-].[H-].[H-].[H-].[H-].[Na+].[Na+].[Na+].[Na+].[Na+].[Na+].[Na+].[Na+].[Na+].[Na+].[Na+].[Na+].[Na+].[Na+].[Na+].[Na+].[Na+].[Na+].[Na+].[Na+].[Na+].[Na+].[Na+].[Na+].[Na+].[Na+].[Na+].[Na+].[Na+].[Na+].[Na+].[Na+].[Na+].[Na+].[Na+].[Na+].[Na+].[Na+].[Na+].[Na+].[Na+].[Na+].[Na+].[Na+].[Na+].[Na+].[Na+].[Na+].[Na+].[Na+]. The van der Waals surface area contributed by atoms with Crippen LogP contribution in [0.25, 0.3) is 0 Å². The first-order valence-electron chi connectivity index (χ1n) is 0. The molecule has 100 N–H and O–H groups in total. The van der Waals surface area contributed by atoms with Crippen LogP contribution in [0.4, 0.5) is 0 Å². The minimum absolute atomic E-state index is 0. The fourth-order valence-electron chi connectivity index (χ4n) is 0. The number of rotatable bonds is 0. The van der Waals surface area contributed by atoms with E-state index >= 15 is 0 Å². The zero-order valence-corrected chi connectivity index (χ0v) is 175. The maximum Gasteiger partial charge on any atom is 1.00 e. The summed E-state index contributed by atoms with van der Waals surface area (Å²) in [5, 5.41) is 0. The molecule has 0 saturated heterocycles. The molecule has 0 saturated carbocycles. The molecular weight excluding hydrogens is 1950 g/mol.